The van der Waals surface area contributed by atoms with Gasteiger partial charge < -0.3 is 10.1 Å². The van der Waals surface area contributed by atoms with Crippen molar-refractivity contribution in [2.45, 2.75) is 0 Å². The summed E-state index contributed by atoms with van der Waals surface area (Å²) in [6.07, 6.45) is 1.41. The van der Waals surface area contributed by atoms with Crippen LogP contribution < -0.4 is 10.1 Å². The van der Waals surface area contributed by atoms with Gasteiger partial charge in [-0.3, -0.25) is 4.79 Å². The van der Waals surface area contributed by atoms with Crippen LogP contribution in [0.25, 0.3) is 0 Å². The highest BCUT2D eigenvalue weighted by atomic mass is 35.5. The Morgan fingerprint density at radius 1 is 1.40 bits per heavy atom. The molecule has 1 aromatic carbocycles. The first-order valence-electron chi connectivity index (χ1n) is 5.72. The molecule has 100 valence electrons. The van der Waals surface area contributed by atoms with Crippen LogP contribution in [0.15, 0.2) is 42.6 Å². The predicted octanol–water partition coefficient (Wildman–Crippen LogP) is 2.89. The highest BCUT2D eigenvalue weighted by Crippen LogP contribution is 2.18. The smallest absolute Gasteiger partial charge is 0.274 e. The lowest BCUT2D eigenvalue weighted by Gasteiger charge is -2.07. The number of aromatic nitrogens is 1. The molecule has 1 amide bonds. The number of rotatable bonds is 4. The van der Waals surface area contributed by atoms with Gasteiger partial charge >= 0.3 is 0 Å². The third-order valence-corrected chi connectivity index (χ3v) is 2.58. The molecule has 0 bridgehead atoms. The number of halogens is 1. The molecule has 0 radical (unpaired) electrons. The summed E-state index contributed by atoms with van der Waals surface area (Å²) in [6.45, 7) is -0.0455. The van der Waals surface area contributed by atoms with E-state index in [1.807, 2.05) is 6.07 Å². The summed E-state index contributed by atoms with van der Waals surface area (Å²) in [7, 11) is 0. The first-order chi connectivity index (χ1) is 9.69. The zero-order chi connectivity index (χ0) is 14.4. The second-order valence-corrected chi connectivity index (χ2v) is 4.23. The molecule has 0 saturated carbocycles. The van der Waals surface area contributed by atoms with Crippen molar-refractivity contribution in [3.8, 4) is 11.8 Å². The van der Waals surface area contributed by atoms with Gasteiger partial charge in [0.25, 0.3) is 5.91 Å². The van der Waals surface area contributed by atoms with Crippen LogP contribution in [0, 0.1) is 11.3 Å². The number of carbonyl (C=O) groups excluding carboxylic acids is 1. The summed E-state index contributed by atoms with van der Waals surface area (Å²) in [6, 6.07) is 11.8. The van der Waals surface area contributed by atoms with E-state index < -0.39 is 0 Å². The van der Waals surface area contributed by atoms with E-state index in [9.17, 15) is 4.79 Å². The molecule has 20 heavy (non-hydrogen) atoms. The fourth-order valence-corrected chi connectivity index (χ4v) is 1.60. The van der Waals surface area contributed by atoms with Crippen LogP contribution >= 0.6 is 11.6 Å². The molecule has 0 atom stereocenters. The van der Waals surface area contributed by atoms with Crippen LogP contribution in [0.2, 0.25) is 5.02 Å². The van der Waals surface area contributed by atoms with Gasteiger partial charge in [-0.15, -0.1) is 0 Å². The lowest BCUT2D eigenvalue weighted by atomic mass is 10.2. The molecule has 0 aliphatic carbocycles. The number of pyridine rings is 1. The maximum Gasteiger partial charge on any atom is 0.274 e. The van der Waals surface area contributed by atoms with Crippen molar-refractivity contribution in [2.24, 2.45) is 0 Å². The van der Waals surface area contributed by atoms with Crippen molar-refractivity contribution >= 4 is 23.2 Å². The first-order valence-corrected chi connectivity index (χ1v) is 6.09. The Balaban J connectivity index is 2.07. The van der Waals surface area contributed by atoms with Gasteiger partial charge in [-0.25, -0.2) is 4.98 Å². The fourth-order valence-electron chi connectivity index (χ4n) is 1.48. The van der Waals surface area contributed by atoms with Gasteiger partial charge in [-0.1, -0.05) is 17.7 Å². The highest BCUT2D eigenvalue weighted by molar-refractivity contribution is 6.30. The number of hydrogen-bond acceptors (Lipinski definition) is 4. The van der Waals surface area contributed by atoms with E-state index in [0.29, 0.717) is 16.5 Å². The molecular formula is C14H10ClN3O2. The molecule has 0 aliphatic rings. The standard InChI is InChI=1S/C14H10ClN3O2/c15-10-4-5-13(17-9-10)14(19)18-11-2-1-3-12(8-11)20-7-6-16/h1-5,8-9H,7H2,(H,18,19). The summed E-state index contributed by atoms with van der Waals surface area (Å²) < 4.78 is 5.15. The summed E-state index contributed by atoms with van der Waals surface area (Å²) in [5, 5.41) is 11.6. The fraction of sp³-hybridized carbons (Fsp3) is 0.0714. The number of hydrogen-bond donors (Lipinski definition) is 1. The van der Waals surface area contributed by atoms with Crippen molar-refractivity contribution in [1.29, 1.82) is 5.26 Å². The van der Waals surface area contributed by atoms with Crippen LogP contribution in [0.5, 0.6) is 5.75 Å². The van der Waals surface area contributed by atoms with Gasteiger partial charge in [-0.05, 0) is 24.3 Å². The molecule has 1 N–H and O–H groups in total. The SMILES string of the molecule is N#CCOc1cccc(NC(=O)c2ccc(Cl)cn2)c1. The monoisotopic (exact) mass is 287 g/mol. The Kier molecular flexibility index (Phi) is 4.53. The molecule has 0 spiro atoms. The molecule has 1 heterocycles. The largest absolute Gasteiger partial charge is 0.479 e. The molecule has 0 unspecified atom stereocenters. The van der Waals surface area contributed by atoms with E-state index in [1.54, 1.807) is 30.3 Å². The number of nitrogens with one attached hydrogen (secondary N) is 1. The zero-order valence-corrected chi connectivity index (χ0v) is 11.1. The Morgan fingerprint density at radius 3 is 2.95 bits per heavy atom. The number of amides is 1. The molecule has 1 aromatic heterocycles. The topological polar surface area (TPSA) is 75.0 Å². The lowest BCUT2D eigenvalue weighted by Crippen LogP contribution is -2.13. The van der Waals surface area contributed by atoms with E-state index in [2.05, 4.69) is 10.3 Å². The molecule has 0 aliphatic heterocycles. The van der Waals surface area contributed by atoms with Crippen LogP contribution in [-0.2, 0) is 0 Å². The van der Waals surface area contributed by atoms with Crippen LogP contribution in [0.3, 0.4) is 0 Å². The lowest BCUT2D eigenvalue weighted by molar-refractivity contribution is 0.102. The number of carbonyl (C=O) groups is 1. The number of nitriles is 1. The van der Waals surface area contributed by atoms with E-state index >= 15 is 0 Å². The average molecular weight is 288 g/mol. The second-order valence-electron chi connectivity index (χ2n) is 3.79. The first kappa shape index (κ1) is 13.8. The van der Waals surface area contributed by atoms with Crippen molar-refractivity contribution in [2.75, 3.05) is 11.9 Å². The quantitative estimate of drug-likeness (QED) is 0.938. The molecule has 6 heteroatoms. The van der Waals surface area contributed by atoms with E-state index in [4.69, 9.17) is 21.6 Å². The number of benzene rings is 1. The van der Waals surface area contributed by atoms with Gasteiger partial charge in [0.1, 0.15) is 17.5 Å². The van der Waals surface area contributed by atoms with Crippen molar-refractivity contribution in [1.82, 2.24) is 4.98 Å². The van der Waals surface area contributed by atoms with Crippen molar-refractivity contribution < 1.29 is 9.53 Å². The molecule has 0 fully saturated rings. The maximum absolute atomic E-state index is 11.9. The van der Waals surface area contributed by atoms with Crippen LogP contribution in [0.4, 0.5) is 5.69 Å². The third kappa shape index (κ3) is 3.70. The maximum atomic E-state index is 11.9. The zero-order valence-electron chi connectivity index (χ0n) is 10.3. The summed E-state index contributed by atoms with van der Waals surface area (Å²) in [5.74, 6) is 0.160. The Hall–Kier alpha value is -2.58. The number of ether oxygens (including phenoxy) is 1. The second kappa shape index (κ2) is 6.55. The Bertz CT molecular complexity index is 650. The van der Waals surface area contributed by atoms with E-state index in [-0.39, 0.29) is 18.2 Å². The highest BCUT2D eigenvalue weighted by Gasteiger charge is 2.07. The average Bonchev–Trinajstić information content (AvgIpc) is 2.46. The van der Waals surface area contributed by atoms with Gasteiger partial charge in [0.15, 0.2) is 6.61 Å². The van der Waals surface area contributed by atoms with Gasteiger partial charge in [0.2, 0.25) is 0 Å². The predicted molar refractivity (Wildman–Crippen MR) is 74.8 cm³/mol. The van der Waals surface area contributed by atoms with Gasteiger partial charge in [0.05, 0.1) is 5.02 Å². The van der Waals surface area contributed by atoms with Gasteiger partial charge in [0, 0.05) is 18.0 Å². The van der Waals surface area contributed by atoms with E-state index in [0.717, 1.165) is 0 Å². The minimum atomic E-state index is -0.348. The van der Waals surface area contributed by atoms with Crippen LogP contribution in [-0.4, -0.2) is 17.5 Å². The molecule has 0 saturated heterocycles. The third-order valence-electron chi connectivity index (χ3n) is 2.36. The Morgan fingerprint density at radius 2 is 2.25 bits per heavy atom. The minimum absolute atomic E-state index is 0.0455. The molecule has 5 nitrogen and oxygen atoms in total. The van der Waals surface area contributed by atoms with Crippen molar-refractivity contribution in [3.05, 3.63) is 53.3 Å². The summed E-state index contributed by atoms with van der Waals surface area (Å²) >= 11 is 5.71. The van der Waals surface area contributed by atoms with Crippen molar-refractivity contribution in [3.63, 3.8) is 0 Å². The Labute approximate surface area is 120 Å². The molecule has 2 aromatic rings. The number of nitrogens with zero attached hydrogens (tertiary/aromatic N) is 2. The normalized spacial score (nSPS) is 9.60. The van der Waals surface area contributed by atoms with Gasteiger partial charge in [-0.2, -0.15) is 5.26 Å². The number of anilines is 1. The summed E-state index contributed by atoms with van der Waals surface area (Å²) in [5.41, 5.74) is 0.819. The minimum Gasteiger partial charge on any atom is -0.479 e. The molecule has 2 rings (SSSR count). The molecular weight excluding hydrogens is 278 g/mol. The van der Waals surface area contributed by atoms with E-state index in [1.165, 1.54) is 12.3 Å². The van der Waals surface area contributed by atoms with Crippen LogP contribution in [0.1, 0.15) is 10.5 Å². The summed E-state index contributed by atoms with van der Waals surface area (Å²) in [4.78, 5) is 15.9.